The van der Waals surface area contributed by atoms with Crippen molar-refractivity contribution in [2.45, 2.75) is 37.7 Å². The van der Waals surface area contributed by atoms with Gasteiger partial charge < -0.3 is 10.4 Å². The minimum atomic E-state index is -0.821. The van der Waals surface area contributed by atoms with Crippen molar-refractivity contribution in [2.75, 3.05) is 11.9 Å². The number of hydrogen-bond donors (Lipinski definition) is 2. The summed E-state index contributed by atoms with van der Waals surface area (Å²) in [5, 5.41) is 24.1. The highest BCUT2D eigenvalue weighted by Gasteiger charge is 2.27. The molecular weight excluding hydrogens is 270 g/mol. The van der Waals surface area contributed by atoms with Crippen LogP contribution in [0.3, 0.4) is 0 Å². The summed E-state index contributed by atoms with van der Waals surface area (Å²) in [5.74, 6) is 0.649. The van der Waals surface area contributed by atoms with Crippen LogP contribution >= 0.6 is 11.3 Å². The molecule has 0 saturated heterocycles. The van der Waals surface area contributed by atoms with Gasteiger partial charge in [0, 0.05) is 12.5 Å². The standard InChI is InChI=1S/C15H19N3OS/c1-15(19,12-5-3-2-4-6-12)9-10-16-14-18-17-13(20-14)11-7-8-11/h2-6,11,19H,7-10H2,1H3,(H,16,18). The van der Waals surface area contributed by atoms with E-state index in [1.165, 1.54) is 12.8 Å². The van der Waals surface area contributed by atoms with Crippen LogP contribution in [-0.4, -0.2) is 21.8 Å². The molecule has 1 heterocycles. The van der Waals surface area contributed by atoms with Gasteiger partial charge in [0.2, 0.25) is 5.13 Å². The molecule has 0 spiro atoms. The minimum absolute atomic E-state index is 0.634. The summed E-state index contributed by atoms with van der Waals surface area (Å²) >= 11 is 1.63. The molecule has 3 rings (SSSR count). The molecule has 106 valence electrons. The number of hydrogen-bond acceptors (Lipinski definition) is 5. The molecule has 5 heteroatoms. The number of anilines is 1. The summed E-state index contributed by atoms with van der Waals surface area (Å²) in [6, 6.07) is 9.76. The average molecular weight is 289 g/mol. The fraction of sp³-hybridized carbons (Fsp3) is 0.467. The number of rotatable bonds is 6. The maximum Gasteiger partial charge on any atom is 0.205 e. The van der Waals surface area contributed by atoms with E-state index in [4.69, 9.17) is 0 Å². The van der Waals surface area contributed by atoms with E-state index in [0.717, 1.165) is 15.7 Å². The third-order valence-electron chi connectivity index (χ3n) is 3.65. The van der Waals surface area contributed by atoms with Gasteiger partial charge >= 0.3 is 0 Å². The van der Waals surface area contributed by atoms with Gasteiger partial charge in [0.15, 0.2) is 0 Å². The molecule has 0 aliphatic heterocycles. The molecule has 0 bridgehead atoms. The monoisotopic (exact) mass is 289 g/mol. The number of nitrogens with one attached hydrogen (secondary N) is 1. The van der Waals surface area contributed by atoms with E-state index in [1.807, 2.05) is 37.3 Å². The predicted octanol–water partition coefficient (Wildman–Crippen LogP) is 3.13. The van der Waals surface area contributed by atoms with Crippen LogP contribution in [0.25, 0.3) is 0 Å². The summed E-state index contributed by atoms with van der Waals surface area (Å²) in [6.07, 6.45) is 3.13. The van der Waals surface area contributed by atoms with Crippen molar-refractivity contribution in [3.8, 4) is 0 Å². The van der Waals surface area contributed by atoms with Crippen molar-refractivity contribution in [3.05, 3.63) is 40.9 Å². The molecule has 1 unspecified atom stereocenters. The zero-order valence-corrected chi connectivity index (χ0v) is 12.4. The molecule has 1 aromatic heterocycles. The number of nitrogens with zero attached hydrogens (tertiary/aromatic N) is 2. The normalized spacial score (nSPS) is 17.7. The first-order valence-corrected chi connectivity index (χ1v) is 7.82. The van der Waals surface area contributed by atoms with Crippen LogP contribution in [0.15, 0.2) is 30.3 Å². The van der Waals surface area contributed by atoms with E-state index < -0.39 is 5.60 Å². The second kappa shape index (κ2) is 5.50. The second-order valence-corrected chi connectivity index (χ2v) is 6.55. The SMILES string of the molecule is CC(O)(CCNc1nnc(C2CC2)s1)c1ccccc1. The summed E-state index contributed by atoms with van der Waals surface area (Å²) in [4.78, 5) is 0. The molecule has 1 aliphatic carbocycles. The Morgan fingerprint density at radius 2 is 2.05 bits per heavy atom. The first kappa shape index (κ1) is 13.5. The van der Waals surface area contributed by atoms with Crippen LogP contribution in [0, 0.1) is 0 Å². The molecule has 1 aromatic carbocycles. The average Bonchev–Trinajstić information content (AvgIpc) is 3.20. The summed E-state index contributed by atoms with van der Waals surface area (Å²) in [5.41, 5.74) is 0.121. The molecule has 1 atom stereocenters. The maximum absolute atomic E-state index is 10.5. The van der Waals surface area contributed by atoms with E-state index in [2.05, 4.69) is 15.5 Å². The zero-order chi connectivity index (χ0) is 14.0. The van der Waals surface area contributed by atoms with Gasteiger partial charge in [-0.1, -0.05) is 41.7 Å². The molecule has 4 nitrogen and oxygen atoms in total. The van der Waals surface area contributed by atoms with Crippen LogP contribution in [-0.2, 0) is 5.60 Å². The first-order chi connectivity index (χ1) is 9.65. The highest BCUT2D eigenvalue weighted by atomic mass is 32.1. The van der Waals surface area contributed by atoms with Gasteiger partial charge in [-0.2, -0.15) is 0 Å². The lowest BCUT2D eigenvalue weighted by atomic mass is 9.93. The Labute approximate surface area is 122 Å². The van der Waals surface area contributed by atoms with E-state index >= 15 is 0 Å². The Kier molecular flexibility index (Phi) is 3.72. The second-order valence-electron chi connectivity index (χ2n) is 5.54. The summed E-state index contributed by atoms with van der Waals surface area (Å²) in [6.45, 7) is 2.53. The van der Waals surface area contributed by atoms with Crippen molar-refractivity contribution in [1.82, 2.24) is 10.2 Å². The van der Waals surface area contributed by atoms with Gasteiger partial charge in [-0.25, -0.2) is 0 Å². The fourth-order valence-corrected chi connectivity index (χ4v) is 3.09. The molecule has 0 amide bonds. The zero-order valence-electron chi connectivity index (χ0n) is 11.5. The van der Waals surface area contributed by atoms with Crippen LogP contribution < -0.4 is 5.32 Å². The van der Waals surface area contributed by atoms with Gasteiger partial charge in [-0.3, -0.25) is 0 Å². The van der Waals surface area contributed by atoms with Crippen molar-refractivity contribution < 1.29 is 5.11 Å². The Morgan fingerprint density at radius 3 is 2.75 bits per heavy atom. The van der Waals surface area contributed by atoms with Crippen LogP contribution in [0.5, 0.6) is 0 Å². The lowest BCUT2D eigenvalue weighted by molar-refractivity contribution is 0.0515. The fourth-order valence-electron chi connectivity index (χ4n) is 2.16. The van der Waals surface area contributed by atoms with Crippen LogP contribution in [0.2, 0.25) is 0 Å². The van der Waals surface area contributed by atoms with E-state index in [1.54, 1.807) is 11.3 Å². The molecule has 1 saturated carbocycles. The van der Waals surface area contributed by atoms with Crippen molar-refractivity contribution in [3.63, 3.8) is 0 Å². The van der Waals surface area contributed by atoms with Crippen molar-refractivity contribution in [1.29, 1.82) is 0 Å². The van der Waals surface area contributed by atoms with E-state index in [-0.39, 0.29) is 0 Å². The van der Waals surface area contributed by atoms with E-state index in [9.17, 15) is 5.11 Å². The number of benzene rings is 1. The molecule has 2 N–H and O–H groups in total. The molecule has 1 aliphatic rings. The lowest BCUT2D eigenvalue weighted by Gasteiger charge is -2.23. The third-order valence-corrected chi connectivity index (χ3v) is 4.69. The van der Waals surface area contributed by atoms with Gasteiger partial charge in [0.05, 0.1) is 5.60 Å². The number of aliphatic hydroxyl groups is 1. The van der Waals surface area contributed by atoms with Crippen molar-refractivity contribution >= 4 is 16.5 Å². The molecule has 1 fully saturated rings. The third kappa shape index (κ3) is 3.16. The maximum atomic E-state index is 10.5. The molecule has 0 radical (unpaired) electrons. The highest BCUT2D eigenvalue weighted by molar-refractivity contribution is 7.15. The van der Waals surface area contributed by atoms with Gasteiger partial charge in [-0.05, 0) is 31.7 Å². The Hall–Kier alpha value is -1.46. The Morgan fingerprint density at radius 1 is 1.30 bits per heavy atom. The molecule has 2 aromatic rings. The Balaban J connectivity index is 1.53. The van der Waals surface area contributed by atoms with Gasteiger partial charge in [0.25, 0.3) is 0 Å². The predicted molar refractivity (Wildman–Crippen MR) is 81.0 cm³/mol. The summed E-state index contributed by atoms with van der Waals surface area (Å²) in [7, 11) is 0. The van der Waals surface area contributed by atoms with Gasteiger partial charge in [0.1, 0.15) is 5.01 Å². The van der Waals surface area contributed by atoms with E-state index in [0.29, 0.717) is 18.9 Å². The van der Waals surface area contributed by atoms with Crippen LogP contribution in [0.4, 0.5) is 5.13 Å². The Bertz CT molecular complexity index is 564. The molecule has 20 heavy (non-hydrogen) atoms. The van der Waals surface area contributed by atoms with Gasteiger partial charge in [-0.15, -0.1) is 10.2 Å². The quantitative estimate of drug-likeness (QED) is 0.858. The largest absolute Gasteiger partial charge is 0.385 e. The summed E-state index contributed by atoms with van der Waals surface area (Å²) < 4.78 is 0. The first-order valence-electron chi connectivity index (χ1n) is 7.00. The smallest absolute Gasteiger partial charge is 0.205 e. The van der Waals surface area contributed by atoms with Crippen LogP contribution in [0.1, 0.15) is 42.7 Å². The lowest BCUT2D eigenvalue weighted by Crippen LogP contribution is -2.24. The number of aromatic nitrogens is 2. The van der Waals surface area contributed by atoms with Crippen molar-refractivity contribution in [2.24, 2.45) is 0 Å². The highest BCUT2D eigenvalue weighted by Crippen LogP contribution is 2.42. The minimum Gasteiger partial charge on any atom is -0.385 e. The molecular formula is C15H19N3OS. The topological polar surface area (TPSA) is 58.0 Å².